The summed E-state index contributed by atoms with van der Waals surface area (Å²) in [6.45, 7) is 0.797. The van der Waals surface area contributed by atoms with Gasteiger partial charge in [-0.3, -0.25) is 9.59 Å². The van der Waals surface area contributed by atoms with Gasteiger partial charge in [-0.25, -0.2) is 0 Å². The van der Waals surface area contributed by atoms with Crippen LogP contribution in [0.4, 0.5) is 5.69 Å². The summed E-state index contributed by atoms with van der Waals surface area (Å²) >= 11 is 1.78. The maximum atomic E-state index is 12.0. The highest BCUT2D eigenvalue weighted by Gasteiger charge is 2.12. The molecule has 1 rings (SSSR count). The Kier molecular flexibility index (Phi) is 11.6. The number of carbonyl (C=O) groups excluding carboxylic acids is 2. The smallest absolute Gasteiger partial charge is 0.253 e. The molecule has 0 aromatic heterocycles. The number of anilines is 1. The molecule has 0 saturated carbocycles. The zero-order valence-electron chi connectivity index (χ0n) is 12.8. The summed E-state index contributed by atoms with van der Waals surface area (Å²) in [6.07, 6.45) is 4.40. The lowest BCUT2D eigenvalue weighted by Crippen LogP contribution is -2.29. The van der Waals surface area contributed by atoms with Crippen LogP contribution in [0.15, 0.2) is 24.3 Å². The van der Waals surface area contributed by atoms with Gasteiger partial charge >= 0.3 is 0 Å². The van der Waals surface area contributed by atoms with Crippen molar-refractivity contribution in [3.63, 3.8) is 0 Å². The van der Waals surface area contributed by atoms with Gasteiger partial charge in [0.25, 0.3) is 5.91 Å². The first kappa shape index (κ1) is 20.8. The van der Waals surface area contributed by atoms with E-state index in [1.807, 2.05) is 0 Å². The highest BCUT2D eigenvalue weighted by molar-refractivity contribution is 7.98. The molecule has 0 aliphatic heterocycles. The number of halogens is 1. The molecule has 5 nitrogen and oxygen atoms in total. The molecule has 1 aromatic carbocycles. The predicted molar refractivity (Wildman–Crippen MR) is 95.9 cm³/mol. The molecule has 124 valence electrons. The van der Waals surface area contributed by atoms with Gasteiger partial charge in [-0.1, -0.05) is 12.1 Å². The van der Waals surface area contributed by atoms with Gasteiger partial charge in [0.15, 0.2) is 0 Å². The molecule has 1 aromatic rings. The van der Waals surface area contributed by atoms with Crippen LogP contribution in [-0.4, -0.2) is 36.9 Å². The van der Waals surface area contributed by atoms with E-state index in [9.17, 15) is 9.59 Å². The second-order valence-electron chi connectivity index (χ2n) is 4.59. The first-order valence-electron chi connectivity index (χ1n) is 7.05. The number of thioether (sulfide) groups is 1. The summed E-state index contributed by atoms with van der Waals surface area (Å²) in [5.74, 6) is 0.777. The van der Waals surface area contributed by atoms with Crippen molar-refractivity contribution >= 4 is 41.7 Å². The van der Waals surface area contributed by atoms with Crippen molar-refractivity contribution in [3.8, 4) is 0 Å². The summed E-state index contributed by atoms with van der Waals surface area (Å²) in [4.78, 5) is 23.9. The van der Waals surface area contributed by atoms with Crippen LogP contribution in [0.5, 0.6) is 0 Å². The average molecular weight is 346 g/mol. The number of unbranched alkanes of at least 4 members (excludes halogenated alkanes) is 1. The zero-order valence-corrected chi connectivity index (χ0v) is 14.4. The SMILES string of the molecule is CSCCCCC(=O)Nc1ccccc1C(=O)NCCN.Cl. The predicted octanol–water partition coefficient (Wildman–Crippen LogP) is 2.27. The molecule has 2 amide bonds. The number of amides is 2. The van der Waals surface area contributed by atoms with Crippen LogP contribution < -0.4 is 16.4 Å². The van der Waals surface area contributed by atoms with Crippen LogP contribution in [0.1, 0.15) is 29.6 Å². The van der Waals surface area contributed by atoms with Gasteiger partial charge < -0.3 is 16.4 Å². The van der Waals surface area contributed by atoms with E-state index < -0.39 is 0 Å². The van der Waals surface area contributed by atoms with Gasteiger partial charge in [0.1, 0.15) is 0 Å². The molecule has 0 heterocycles. The normalized spacial score (nSPS) is 9.73. The Morgan fingerprint density at radius 1 is 1.23 bits per heavy atom. The highest BCUT2D eigenvalue weighted by atomic mass is 35.5. The largest absolute Gasteiger partial charge is 0.351 e. The highest BCUT2D eigenvalue weighted by Crippen LogP contribution is 2.15. The van der Waals surface area contributed by atoms with Crippen molar-refractivity contribution in [2.45, 2.75) is 19.3 Å². The maximum absolute atomic E-state index is 12.0. The Morgan fingerprint density at radius 2 is 1.95 bits per heavy atom. The number of carbonyl (C=O) groups is 2. The van der Waals surface area contributed by atoms with E-state index in [-0.39, 0.29) is 24.2 Å². The number of nitrogens with two attached hydrogens (primary N) is 1. The van der Waals surface area contributed by atoms with Crippen LogP contribution in [-0.2, 0) is 4.79 Å². The Morgan fingerprint density at radius 3 is 2.64 bits per heavy atom. The quantitative estimate of drug-likeness (QED) is 0.599. The number of rotatable bonds is 9. The fourth-order valence-electron chi connectivity index (χ4n) is 1.82. The molecule has 0 bridgehead atoms. The average Bonchev–Trinajstić information content (AvgIpc) is 2.50. The molecular formula is C15H24ClN3O2S. The Hall–Kier alpha value is -1.24. The van der Waals surface area contributed by atoms with Crippen molar-refractivity contribution in [3.05, 3.63) is 29.8 Å². The maximum Gasteiger partial charge on any atom is 0.253 e. The lowest BCUT2D eigenvalue weighted by molar-refractivity contribution is -0.116. The van der Waals surface area contributed by atoms with Crippen LogP contribution in [0.3, 0.4) is 0 Å². The summed E-state index contributed by atoms with van der Waals surface area (Å²) < 4.78 is 0. The van der Waals surface area contributed by atoms with Crippen molar-refractivity contribution in [2.75, 3.05) is 30.4 Å². The number of para-hydroxylation sites is 1. The van der Waals surface area contributed by atoms with E-state index in [1.165, 1.54) is 0 Å². The van der Waals surface area contributed by atoms with Gasteiger partial charge in [0, 0.05) is 19.5 Å². The minimum absolute atomic E-state index is 0. The van der Waals surface area contributed by atoms with Gasteiger partial charge in [-0.05, 0) is 37.0 Å². The number of nitrogens with one attached hydrogen (secondary N) is 2. The third-order valence-corrected chi connectivity index (χ3v) is 3.57. The molecule has 4 N–H and O–H groups in total. The van der Waals surface area contributed by atoms with Gasteiger partial charge in [-0.2, -0.15) is 11.8 Å². The lowest BCUT2D eigenvalue weighted by Gasteiger charge is -2.11. The number of benzene rings is 1. The van der Waals surface area contributed by atoms with Gasteiger partial charge in [0.2, 0.25) is 5.91 Å². The molecule has 0 unspecified atom stereocenters. The second kappa shape index (κ2) is 12.3. The summed E-state index contributed by atoms with van der Waals surface area (Å²) in [5.41, 5.74) is 6.37. The number of hydrogen-bond acceptors (Lipinski definition) is 4. The molecule has 0 aliphatic rings. The minimum atomic E-state index is -0.223. The molecule has 7 heteroatoms. The molecular weight excluding hydrogens is 322 g/mol. The van der Waals surface area contributed by atoms with E-state index in [0.29, 0.717) is 30.8 Å². The molecule has 0 spiro atoms. The first-order chi connectivity index (χ1) is 10.2. The first-order valence-corrected chi connectivity index (χ1v) is 8.44. The zero-order chi connectivity index (χ0) is 15.5. The van der Waals surface area contributed by atoms with Gasteiger partial charge in [0.05, 0.1) is 11.3 Å². The van der Waals surface area contributed by atoms with Crippen LogP contribution >= 0.6 is 24.2 Å². The molecule has 0 fully saturated rings. The number of hydrogen-bond donors (Lipinski definition) is 3. The summed E-state index contributed by atoms with van der Waals surface area (Å²) in [5, 5.41) is 5.51. The van der Waals surface area contributed by atoms with E-state index in [2.05, 4.69) is 16.9 Å². The summed E-state index contributed by atoms with van der Waals surface area (Å²) in [6, 6.07) is 6.99. The van der Waals surface area contributed by atoms with E-state index in [4.69, 9.17) is 5.73 Å². The monoisotopic (exact) mass is 345 g/mol. The molecule has 0 radical (unpaired) electrons. The fraction of sp³-hybridized carbons (Fsp3) is 0.467. The Bertz CT molecular complexity index is 472. The van der Waals surface area contributed by atoms with Crippen LogP contribution in [0.2, 0.25) is 0 Å². The van der Waals surface area contributed by atoms with Crippen molar-refractivity contribution in [1.29, 1.82) is 0 Å². The Labute approximate surface area is 142 Å². The molecule has 0 aliphatic carbocycles. The van der Waals surface area contributed by atoms with Crippen LogP contribution in [0.25, 0.3) is 0 Å². The third-order valence-electron chi connectivity index (χ3n) is 2.88. The third kappa shape index (κ3) is 7.68. The minimum Gasteiger partial charge on any atom is -0.351 e. The van der Waals surface area contributed by atoms with Crippen molar-refractivity contribution in [2.24, 2.45) is 5.73 Å². The Balaban J connectivity index is 0.00000441. The lowest BCUT2D eigenvalue weighted by atomic mass is 10.1. The van der Waals surface area contributed by atoms with Crippen LogP contribution in [0, 0.1) is 0 Å². The van der Waals surface area contributed by atoms with Gasteiger partial charge in [-0.15, -0.1) is 12.4 Å². The molecule has 0 atom stereocenters. The molecule has 0 saturated heterocycles. The summed E-state index contributed by atoms with van der Waals surface area (Å²) in [7, 11) is 0. The van der Waals surface area contributed by atoms with Crippen molar-refractivity contribution < 1.29 is 9.59 Å². The van der Waals surface area contributed by atoms with E-state index in [0.717, 1.165) is 18.6 Å². The van der Waals surface area contributed by atoms with E-state index >= 15 is 0 Å². The second-order valence-corrected chi connectivity index (χ2v) is 5.57. The standard InChI is InChI=1S/C15H23N3O2S.ClH/c1-21-11-5-4-8-14(19)18-13-7-3-2-6-12(13)15(20)17-10-9-16;/h2-3,6-7H,4-5,8-11,16H2,1H3,(H,17,20)(H,18,19);1H. The van der Waals surface area contributed by atoms with E-state index in [1.54, 1.807) is 36.0 Å². The molecule has 22 heavy (non-hydrogen) atoms. The van der Waals surface area contributed by atoms with Crippen molar-refractivity contribution in [1.82, 2.24) is 5.32 Å². The topological polar surface area (TPSA) is 84.2 Å². The fourth-order valence-corrected chi connectivity index (χ4v) is 2.31.